The highest BCUT2D eigenvalue weighted by molar-refractivity contribution is 6.30. The number of rotatable bonds is 1. The largest absolute Gasteiger partial charge is 0.357 e. The second kappa shape index (κ2) is 5.88. The average molecular weight is 354 g/mol. The Balaban J connectivity index is 1.88. The molecule has 2 N–H and O–H groups in total. The van der Waals surface area contributed by atoms with E-state index in [9.17, 15) is 4.79 Å². The Labute approximate surface area is 152 Å². The van der Waals surface area contributed by atoms with Crippen molar-refractivity contribution in [3.05, 3.63) is 64.5 Å². The summed E-state index contributed by atoms with van der Waals surface area (Å²) in [5.41, 5.74) is 3.64. The quantitative estimate of drug-likeness (QED) is 0.761. The van der Waals surface area contributed by atoms with Crippen molar-refractivity contribution in [3.63, 3.8) is 0 Å². The maximum Gasteiger partial charge on any atom is 0.163 e. The topological polar surface area (TPSA) is 54.0 Å². The molecule has 1 aliphatic heterocycles. The number of aromatic nitrogens is 1. The van der Waals surface area contributed by atoms with Gasteiger partial charge in [0.2, 0.25) is 0 Å². The predicted molar refractivity (Wildman–Crippen MR) is 101 cm³/mol. The summed E-state index contributed by atoms with van der Waals surface area (Å²) in [7, 11) is 0. The van der Waals surface area contributed by atoms with Crippen LogP contribution < -0.4 is 10.6 Å². The van der Waals surface area contributed by atoms with E-state index in [0.29, 0.717) is 11.4 Å². The molecule has 1 atom stereocenters. The first-order chi connectivity index (χ1) is 11.9. The molecule has 0 radical (unpaired) electrons. The molecule has 128 valence electrons. The summed E-state index contributed by atoms with van der Waals surface area (Å²) in [6, 6.07) is 11.3. The van der Waals surface area contributed by atoms with Crippen LogP contribution in [0, 0.1) is 5.41 Å². The zero-order valence-electron chi connectivity index (χ0n) is 14.3. The van der Waals surface area contributed by atoms with E-state index in [1.165, 1.54) is 0 Å². The van der Waals surface area contributed by atoms with Crippen LogP contribution in [0.15, 0.2) is 53.9 Å². The van der Waals surface area contributed by atoms with Crippen LogP contribution in [0.25, 0.3) is 0 Å². The number of benzene rings is 1. The van der Waals surface area contributed by atoms with Crippen LogP contribution in [0.2, 0.25) is 5.02 Å². The van der Waals surface area contributed by atoms with Gasteiger partial charge in [0, 0.05) is 28.9 Å². The number of halogens is 1. The molecule has 2 aliphatic rings. The molecule has 2 aromatic rings. The molecule has 0 spiro atoms. The summed E-state index contributed by atoms with van der Waals surface area (Å²) in [6.45, 7) is 4.27. The summed E-state index contributed by atoms with van der Waals surface area (Å²) in [4.78, 5) is 17.5. The van der Waals surface area contributed by atoms with Crippen LogP contribution >= 0.6 is 11.6 Å². The van der Waals surface area contributed by atoms with Gasteiger partial charge in [-0.25, -0.2) is 4.98 Å². The fourth-order valence-electron chi connectivity index (χ4n) is 3.68. The molecular weight excluding hydrogens is 334 g/mol. The van der Waals surface area contributed by atoms with Crippen LogP contribution in [-0.2, 0) is 4.79 Å². The summed E-state index contributed by atoms with van der Waals surface area (Å²) < 4.78 is 0. The van der Waals surface area contributed by atoms with Crippen molar-refractivity contribution < 1.29 is 4.79 Å². The fourth-order valence-corrected chi connectivity index (χ4v) is 3.81. The van der Waals surface area contributed by atoms with Gasteiger partial charge in [-0.2, -0.15) is 0 Å². The number of anilines is 2. The van der Waals surface area contributed by atoms with E-state index >= 15 is 0 Å². The second-order valence-corrected chi connectivity index (χ2v) is 7.92. The van der Waals surface area contributed by atoms with Crippen LogP contribution in [0.5, 0.6) is 0 Å². The van der Waals surface area contributed by atoms with Gasteiger partial charge in [-0.15, -0.1) is 0 Å². The maximum atomic E-state index is 13.0. The minimum absolute atomic E-state index is 0.0554. The van der Waals surface area contributed by atoms with Crippen LogP contribution in [-0.4, -0.2) is 10.8 Å². The smallest absolute Gasteiger partial charge is 0.163 e. The first-order valence-corrected chi connectivity index (χ1v) is 8.81. The van der Waals surface area contributed by atoms with E-state index in [2.05, 4.69) is 29.5 Å². The number of ketones is 1. The number of fused-ring (bicyclic) bond motifs is 1. The number of hydrogen-bond acceptors (Lipinski definition) is 4. The summed E-state index contributed by atoms with van der Waals surface area (Å²) in [5, 5.41) is 7.60. The maximum absolute atomic E-state index is 13.0. The van der Waals surface area contributed by atoms with Crippen molar-refractivity contribution in [1.29, 1.82) is 0 Å². The number of pyridine rings is 1. The number of hydrogen-bond donors (Lipinski definition) is 2. The summed E-state index contributed by atoms with van der Waals surface area (Å²) >= 11 is 6.04. The minimum atomic E-state index is -0.237. The number of Topliss-reactive ketones (excluding diaryl/α,β-unsaturated/α-hetero) is 1. The van der Waals surface area contributed by atoms with Gasteiger partial charge in [0.05, 0.1) is 11.7 Å². The molecule has 0 amide bonds. The lowest BCUT2D eigenvalue weighted by molar-refractivity contribution is -0.118. The Kier molecular flexibility index (Phi) is 3.80. The Morgan fingerprint density at radius 2 is 1.92 bits per heavy atom. The second-order valence-electron chi connectivity index (χ2n) is 7.49. The highest BCUT2D eigenvalue weighted by Gasteiger charge is 2.38. The molecule has 0 saturated carbocycles. The number of allylic oxidation sites excluding steroid dienone is 1. The lowest BCUT2D eigenvalue weighted by atomic mass is 9.73. The average Bonchev–Trinajstić information content (AvgIpc) is 2.70. The fraction of sp³-hybridized carbons (Fsp3) is 0.300. The molecule has 1 aliphatic carbocycles. The standard InChI is InChI=1S/C20H20ClN3O/c1-20(2)10-15-17(16(25)11-20)18(12-5-7-13(21)8-6-12)24-19-14(23-15)4-3-9-22-19/h3-9,18,23H,10-11H2,1-2H3,(H,22,24)/t18-/m1/s1. The lowest BCUT2D eigenvalue weighted by Gasteiger charge is -2.34. The van der Waals surface area contributed by atoms with Crippen molar-refractivity contribution in [2.45, 2.75) is 32.7 Å². The Morgan fingerprint density at radius 3 is 2.68 bits per heavy atom. The lowest BCUT2D eigenvalue weighted by Crippen LogP contribution is -2.31. The van der Waals surface area contributed by atoms with Crippen molar-refractivity contribution >= 4 is 28.9 Å². The van der Waals surface area contributed by atoms with E-state index in [0.717, 1.165) is 34.8 Å². The normalized spacial score (nSPS) is 21.6. The first-order valence-electron chi connectivity index (χ1n) is 8.43. The zero-order chi connectivity index (χ0) is 17.6. The van der Waals surface area contributed by atoms with E-state index in [1.807, 2.05) is 36.4 Å². The zero-order valence-corrected chi connectivity index (χ0v) is 15.0. The molecule has 0 saturated heterocycles. The van der Waals surface area contributed by atoms with E-state index in [1.54, 1.807) is 6.20 Å². The third-order valence-electron chi connectivity index (χ3n) is 4.79. The van der Waals surface area contributed by atoms with Crippen molar-refractivity contribution in [2.75, 3.05) is 10.6 Å². The molecule has 0 bridgehead atoms. The SMILES string of the molecule is CC1(C)CC(=O)C2=C(C1)Nc1cccnc1N[C@@H]2c1ccc(Cl)cc1. The number of nitrogens with one attached hydrogen (secondary N) is 2. The van der Waals surface area contributed by atoms with Crippen LogP contribution in [0.4, 0.5) is 11.5 Å². The van der Waals surface area contributed by atoms with E-state index in [4.69, 9.17) is 11.6 Å². The van der Waals surface area contributed by atoms with E-state index < -0.39 is 0 Å². The highest BCUT2D eigenvalue weighted by Crippen LogP contribution is 2.44. The van der Waals surface area contributed by atoms with Crippen LogP contribution in [0.1, 0.15) is 38.3 Å². The molecule has 25 heavy (non-hydrogen) atoms. The Morgan fingerprint density at radius 1 is 1.16 bits per heavy atom. The number of carbonyl (C=O) groups excluding carboxylic acids is 1. The Bertz CT molecular complexity index is 871. The molecule has 0 fully saturated rings. The predicted octanol–water partition coefficient (Wildman–Crippen LogP) is 4.96. The van der Waals surface area contributed by atoms with E-state index in [-0.39, 0.29) is 17.2 Å². The van der Waals surface area contributed by atoms with Gasteiger partial charge in [-0.3, -0.25) is 4.79 Å². The summed E-state index contributed by atoms with van der Waals surface area (Å²) in [6.07, 6.45) is 3.12. The third-order valence-corrected chi connectivity index (χ3v) is 5.04. The van der Waals surface area contributed by atoms with Gasteiger partial charge in [-0.1, -0.05) is 37.6 Å². The van der Waals surface area contributed by atoms with Crippen LogP contribution in [0.3, 0.4) is 0 Å². The van der Waals surface area contributed by atoms with Gasteiger partial charge >= 0.3 is 0 Å². The number of carbonyl (C=O) groups is 1. The van der Waals surface area contributed by atoms with Gasteiger partial charge in [0.15, 0.2) is 5.78 Å². The van der Waals surface area contributed by atoms with Gasteiger partial charge < -0.3 is 10.6 Å². The molecule has 2 heterocycles. The molecule has 1 aromatic heterocycles. The van der Waals surface area contributed by atoms with Crippen molar-refractivity contribution in [1.82, 2.24) is 4.98 Å². The van der Waals surface area contributed by atoms with Gasteiger partial charge in [0.25, 0.3) is 0 Å². The van der Waals surface area contributed by atoms with Gasteiger partial charge in [0.1, 0.15) is 5.82 Å². The minimum Gasteiger partial charge on any atom is -0.357 e. The van der Waals surface area contributed by atoms with Crippen molar-refractivity contribution in [3.8, 4) is 0 Å². The van der Waals surface area contributed by atoms with Gasteiger partial charge in [-0.05, 0) is 41.7 Å². The number of nitrogens with zero attached hydrogens (tertiary/aromatic N) is 1. The van der Waals surface area contributed by atoms with Crippen molar-refractivity contribution in [2.24, 2.45) is 5.41 Å². The molecule has 1 aromatic carbocycles. The molecular formula is C20H20ClN3O. The third kappa shape index (κ3) is 3.02. The highest BCUT2D eigenvalue weighted by atomic mass is 35.5. The molecule has 0 unspecified atom stereocenters. The molecule has 4 nitrogen and oxygen atoms in total. The first kappa shape index (κ1) is 16.2. The summed E-state index contributed by atoms with van der Waals surface area (Å²) in [5.74, 6) is 0.932. The monoisotopic (exact) mass is 353 g/mol. The Hall–Kier alpha value is -2.33. The molecule has 5 heteroatoms. The molecule has 4 rings (SSSR count).